The summed E-state index contributed by atoms with van der Waals surface area (Å²) in [6, 6.07) is 8.91. The smallest absolute Gasteiger partial charge is 0.142 e. The average Bonchev–Trinajstić information content (AvgIpc) is 2.41. The highest BCUT2D eigenvalue weighted by molar-refractivity contribution is 5.56. The van der Waals surface area contributed by atoms with E-state index in [9.17, 15) is 0 Å². The van der Waals surface area contributed by atoms with Crippen molar-refractivity contribution in [3.8, 4) is 5.75 Å². The maximum Gasteiger partial charge on any atom is 0.142 e. The minimum Gasteiger partial charge on any atom is -0.489 e. The van der Waals surface area contributed by atoms with Crippen molar-refractivity contribution < 1.29 is 4.74 Å². The molecular weight excluding hydrogens is 234 g/mol. The maximum absolute atomic E-state index is 5.87. The van der Waals surface area contributed by atoms with Crippen molar-refractivity contribution in [2.75, 3.05) is 5.32 Å². The van der Waals surface area contributed by atoms with Gasteiger partial charge in [0.25, 0.3) is 0 Å². The molecule has 1 saturated carbocycles. The van der Waals surface area contributed by atoms with Crippen LogP contribution in [0.3, 0.4) is 0 Å². The molecule has 0 heterocycles. The number of nitrogens with one attached hydrogen (secondary N) is 1. The molecule has 1 fully saturated rings. The lowest BCUT2D eigenvalue weighted by atomic mass is 9.84. The molecule has 0 aromatic heterocycles. The van der Waals surface area contributed by atoms with E-state index in [-0.39, 0.29) is 6.10 Å². The topological polar surface area (TPSA) is 21.3 Å². The molecule has 0 radical (unpaired) electrons. The summed E-state index contributed by atoms with van der Waals surface area (Å²) in [5.74, 6) is 1.93. The van der Waals surface area contributed by atoms with E-state index in [0.717, 1.165) is 17.4 Å². The number of hydrogen-bond acceptors (Lipinski definition) is 2. The molecule has 0 atom stereocenters. The van der Waals surface area contributed by atoms with E-state index in [1.54, 1.807) is 0 Å². The summed E-state index contributed by atoms with van der Waals surface area (Å²) in [6.45, 7) is 6.46. The third-order valence-corrected chi connectivity index (χ3v) is 4.03. The van der Waals surface area contributed by atoms with Gasteiger partial charge in [0.2, 0.25) is 0 Å². The lowest BCUT2D eigenvalue weighted by Crippen LogP contribution is -2.26. The van der Waals surface area contributed by atoms with Gasteiger partial charge >= 0.3 is 0 Å². The lowest BCUT2D eigenvalue weighted by molar-refractivity contribution is 0.243. The standard InChI is InChI=1S/C17H27NO/c1-4-14-9-11-15(12-10-14)18-16-7-5-6-8-17(16)19-13(2)3/h5-8,13-15,18H,4,9-12H2,1-3H3. The first-order valence-corrected chi connectivity index (χ1v) is 7.71. The normalized spacial score (nSPS) is 23.4. The Kier molecular flexibility index (Phi) is 5.12. The van der Waals surface area contributed by atoms with Crippen LogP contribution >= 0.6 is 0 Å². The summed E-state index contributed by atoms with van der Waals surface area (Å²) in [4.78, 5) is 0. The second-order valence-electron chi connectivity index (χ2n) is 5.93. The van der Waals surface area contributed by atoms with Gasteiger partial charge in [0.1, 0.15) is 5.75 Å². The second-order valence-corrected chi connectivity index (χ2v) is 5.93. The zero-order chi connectivity index (χ0) is 13.7. The van der Waals surface area contributed by atoms with E-state index in [1.807, 2.05) is 6.07 Å². The van der Waals surface area contributed by atoms with E-state index in [0.29, 0.717) is 6.04 Å². The maximum atomic E-state index is 5.87. The van der Waals surface area contributed by atoms with Gasteiger partial charge in [-0.05, 0) is 57.6 Å². The predicted molar refractivity (Wildman–Crippen MR) is 81.9 cm³/mol. The molecule has 0 amide bonds. The van der Waals surface area contributed by atoms with Crippen LogP contribution in [0.25, 0.3) is 0 Å². The van der Waals surface area contributed by atoms with Crippen LogP contribution in [0.4, 0.5) is 5.69 Å². The minimum atomic E-state index is 0.221. The van der Waals surface area contributed by atoms with Gasteiger partial charge < -0.3 is 10.1 Å². The van der Waals surface area contributed by atoms with Crippen molar-refractivity contribution in [2.24, 2.45) is 5.92 Å². The van der Waals surface area contributed by atoms with Crippen molar-refractivity contribution >= 4 is 5.69 Å². The Hall–Kier alpha value is -1.18. The molecule has 2 heteroatoms. The van der Waals surface area contributed by atoms with Crippen LogP contribution in [0.15, 0.2) is 24.3 Å². The third-order valence-electron chi connectivity index (χ3n) is 4.03. The Bertz CT molecular complexity index is 381. The van der Waals surface area contributed by atoms with Crippen LogP contribution in [0, 0.1) is 5.92 Å². The molecule has 0 aliphatic heterocycles. The Labute approximate surface area is 117 Å². The minimum absolute atomic E-state index is 0.221. The number of ether oxygens (including phenoxy) is 1. The van der Waals surface area contributed by atoms with Crippen LogP contribution in [0.5, 0.6) is 5.75 Å². The van der Waals surface area contributed by atoms with Crippen LogP contribution in [0.2, 0.25) is 0 Å². The summed E-state index contributed by atoms with van der Waals surface area (Å²) in [6.07, 6.45) is 6.85. The second kappa shape index (κ2) is 6.83. The zero-order valence-electron chi connectivity index (χ0n) is 12.5. The fraction of sp³-hybridized carbons (Fsp3) is 0.647. The Morgan fingerprint density at radius 2 is 1.84 bits per heavy atom. The molecule has 1 aromatic rings. The zero-order valence-corrected chi connectivity index (χ0v) is 12.5. The van der Waals surface area contributed by atoms with Crippen LogP contribution < -0.4 is 10.1 Å². The summed E-state index contributed by atoms with van der Waals surface area (Å²) >= 11 is 0. The molecule has 2 nitrogen and oxygen atoms in total. The number of rotatable bonds is 5. The predicted octanol–water partition coefficient (Wildman–Crippen LogP) is 4.85. The van der Waals surface area contributed by atoms with Crippen LogP contribution in [0.1, 0.15) is 52.9 Å². The largest absolute Gasteiger partial charge is 0.489 e. The van der Waals surface area contributed by atoms with Crippen molar-refractivity contribution in [2.45, 2.75) is 65.0 Å². The van der Waals surface area contributed by atoms with E-state index < -0.39 is 0 Å². The van der Waals surface area contributed by atoms with Crippen molar-refractivity contribution in [1.82, 2.24) is 0 Å². The molecule has 0 unspecified atom stereocenters. The van der Waals surface area contributed by atoms with E-state index in [4.69, 9.17) is 4.74 Å². The van der Waals surface area contributed by atoms with E-state index >= 15 is 0 Å². The van der Waals surface area contributed by atoms with Gasteiger partial charge in [0.05, 0.1) is 11.8 Å². The highest BCUT2D eigenvalue weighted by Crippen LogP contribution is 2.31. The summed E-state index contributed by atoms with van der Waals surface area (Å²) < 4.78 is 5.87. The Morgan fingerprint density at radius 3 is 2.47 bits per heavy atom. The molecular formula is C17H27NO. The third kappa shape index (κ3) is 4.15. The number of benzene rings is 1. The Balaban J connectivity index is 1.95. The van der Waals surface area contributed by atoms with E-state index in [1.165, 1.54) is 32.1 Å². The fourth-order valence-electron chi connectivity index (χ4n) is 2.88. The van der Waals surface area contributed by atoms with E-state index in [2.05, 4.69) is 44.3 Å². The van der Waals surface area contributed by atoms with Crippen LogP contribution in [-0.2, 0) is 0 Å². The van der Waals surface area contributed by atoms with Gasteiger partial charge in [-0.2, -0.15) is 0 Å². The van der Waals surface area contributed by atoms with Crippen molar-refractivity contribution in [3.05, 3.63) is 24.3 Å². The monoisotopic (exact) mass is 261 g/mol. The van der Waals surface area contributed by atoms with Crippen molar-refractivity contribution in [3.63, 3.8) is 0 Å². The average molecular weight is 261 g/mol. The highest BCUT2D eigenvalue weighted by atomic mass is 16.5. The van der Waals surface area contributed by atoms with Crippen molar-refractivity contribution in [1.29, 1.82) is 0 Å². The molecule has 1 aromatic carbocycles. The summed E-state index contributed by atoms with van der Waals surface area (Å²) in [7, 11) is 0. The molecule has 19 heavy (non-hydrogen) atoms. The molecule has 1 aliphatic carbocycles. The van der Waals surface area contributed by atoms with Crippen LogP contribution in [-0.4, -0.2) is 12.1 Å². The first-order valence-electron chi connectivity index (χ1n) is 7.71. The highest BCUT2D eigenvalue weighted by Gasteiger charge is 2.20. The molecule has 0 spiro atoms. The molecule has 2 rings (SSSR count). The van der Waals surface area contributed by atoms with Gasteiger partial charge in [0, 0.05) is 6.04 Å². The first kappa shape index (κ1) is 14.2. The van der Waals surface area contributed by atoms with Gasteiger partial charge in [0.15, 0.2) is 0 Å². The van der Waals surface area contributed by atoms with Gasteiger partial charge in [-0.1, -0.05) is 25.5 Å². The lowest BCUT2D eigenvalue weighted by Gasteiger charge is -2.29. The molecule has 0 saturated heterocycles. The fourth-order valence-corrected chi connectivity index (χ4v) is 2.88. The number of hydrogen-bond donors (Lipinski definition) is 1. The molecule has 106 valence electrons. The molecule has 1 aliphatic rings. The Morgan fingerprint density at radius 1 is 1.16 bits per heavy atom. The van der Waals surface area contributed by atoms with Gasteiger partial charge in [-0.15, -0.1) is 0 Å². The number of anilines is 1. The summed E-state index contributed by atoms with van der Waals surface area (Å²) in [5, 5.41) is 3.67. The van der Waals surface area contributed by atoms with Gasteiger partial charge in [-0.3, -0.25) is 0 Å². The molecule has 1 N–H and O–H groups in total. The SMILES string of the molecule is CCC1CCC(Nc2ccccc2OC(C)C)CC1. The first-order chi connectivity index (χ1) is 9.19. The molecule has 0 bridgehead atoms. The summed E-state index contributed by atoms with van der Waals surface area (Å²) in [5.41, 5.74) is 1.15. The quantitative estimate of drug-likeness (QED) is 0.817. The number of para-hydroxylation sites is 2. The van der Waals surface area contributed by atoms with Gasteiger partial charge in [-0.25, -0.2) is 0 Å².